The Hall–Kier alpha value is -2.67. The monoisotopic (exact) mass is 419 g/mol. The van der Waals surface area contributed by atoms with Gasteiger partial charge in [0.25, 0.3) is 0 Å². The third kappa shape index (κ3) is 4.37. The van der Waals surface area contributed by atoms with E-state index in [-0.39, 0.29) is 6.04 Å². The summed E-state index contributed by atoms with van der Waals surface area (Å²) < 4.78 is 2.27. The van der Waals surface area contributed by atoms with Crippen LogP contribution < -0.4 is 16.4 Å². The number of nitrogens with two attached hydrogens (primary N) is 1. The van der Waals surface area contributed by atoms with Gasteiger partial charge in [-0.3, -0.25) is 0 Å². The third-order valence-corrected chi connectivity index (χ3v) is 6.90. The molecule has 2 aliphatic carbocycles. The molecule has 0 unspecified atom stereocenters. The number of hydrogen-bond donors (Lipinski definition) is 3. The molecule has 0 saturated heterocycles. The van der Waals surface area contributed by atoms with Gasteiger partial charge in [-0.25, -0.2) is 4.98 Å². The lowest BCUT2D eigenvalue weighted by Gasteiger charge is -2.27. The molecule has 0 spiro atoms. The van der Waals surface area contributed by atoms with E-state index in [4.69, 9.17) is 20.7 Å². The summed E-state index contributed by atoms with van der Waals surface area (Å²) >= 11 is 0. The van der Waals surface area contributed by atoms with Crippen molar-refractivity contribution in [2.24, 2.45) is 5.73 Å². The Morgan fingerprint density at radius 2 is 1.74 bits per heavy atom. The average molecular weight is 420 g/mol. The van der Waals surface area contributed by atoms with E-state index < -0.39 is 0 Å². The highest BCUT2D eigenvalue weighted by Crippen LogP contribution is 2.34. The van der Waals surface area contributed by atoms with Crippen LogP contribution in [0.4, 0.5) is 11.8 Å². The number of anilines is 2. The molecule has 0 aliphatic heterocycles. The fourth-order valence-electron chi connectivity index (χ4n) is 5.01. The number of benzene rings is 1. The van der Waals surface area contributed by atoms with Crippen LogP contribution in [0.15, 0.2) is 36.7 Å². The zero-order valence-corrected chi connectivity index (χ0v) is 18.3. The van der Waals surface area contributed by atoms with Gasteiger partial charge in [0, 0.05) is 18.1 Å². The third-order valence-electron chi connectivity index (χ3n) is 6.90. The van der Waals surface area contributed by atoms with Gasteiger partial charge in [0.15, 0.2) is 17.0 Å². The second-order valence-electron chi connectivity index (χ2n) is 9.19. The Labute approximate surface area is 183 Å². The summed E-state index contributed by atoms with van der Waals surface area (Å²) in [5, 5.41) is 7.20. The molecule has 1 aromatic carbocycles. The first-order valence-electron chi connectivity index (χ1n) is 11.8. The van der Waals surface area contributed by atoms with E-state index in [0.29, 0.717) is 24.1 Å². The number of hydrogen-bond acceptors (Lipinski definition) is 6. The van der Waals surface area contributed by atoms with Gasteiger partial charge in [-0.1, -0.05) is 43.2 Å². The number of rotatable bonds is 6. The molecule has 2 heterocycles. The van der Waals surface area contributed by atoms with Gasteiger partial charge in [-0.2, -0.15) is 9.97 Å². The average Bonchev–Trinajstić information content (AvgIpc) is 3.46. The van der Waals surface area contributed by atoms with E-state index in [9.17, 15) is 0 Å². The molecule has 164 valence electrons. The van der Waals surface area contributed by atoms with Crippen LogP contribution in [0, 0.1) is 0 Å². The van der Waals surface area contributed by atoms with E-state index in [2.05, 4.69) is 46.4 Å². The molecule has 2 saturated carbocycles. The predicted molar refractivity (Wildman–Crippen MR) is 125 cm³/mol. The van der Waals surface area contributed by atoms with Gasteiger partial charge in [-0.15, -0.1) is 0 Å². The molecular formula is C24H33N7. The van der Waals surface area contributed by atoms with Crippen molar-refractivity contribution in [2.75, 3.05) is 10.6 Å². The molecule has 31 heavy (non-hydrogen) atoms. The molecule has 0 amide bonds. The highest BCUT2D eigenvalue weighted by molar-refractivity contribution is 5.84. The van der Waals surface area contributed by atoms with Gasteiger partial charge in [0.2, 0.25) is 5.95 Å². The second kappa shape index (κ2) is 8.83. The fourth-order valence-corrected chi connectivity index (χ4v) is 5.01. The number of fused-ring (bicyclic) bond motifs is 1. The Balaban J connectivity index is 1.48. The smallest absolute Gasteiger partial charge is 0.227 e. The van der Waals surface area contributed by atoms with E-state index in [1.807, 2.05) is 12.4 Å². The lowest BCUT2D eigenvalue weighted by atomic mass is 9.92. The second-order valence-corrected chi connectivity index (χ2v) is 9.19. The maximum absolute atomic E-state index is 6.09. The first-order chi connectivity index (χ1) is 15.2. The van der Waals surface area contributed by atoms with Crippen molar-refractivity contribution in [1.29, 1.82) is 0 Å². The maximum Gasteiger partial charge on any atom is 0.227 e. The molecule has 0 bridgehead atoms. The molecule has 7 heteroatoms. The van der Waals surface area contributed by atoms with Crippen LogP contribution in [0.5, 0.6) is 0 Å². The molecule has 1 atom stereocenters. The van der Waals surface area contributed by atoms with Crippen LogP contribution in [0.2, 0.25) is 0 Å². The van der Waals surface area contributed by atoms with Crippen LogP contribution >= 0.6 is 0 Å². The SMILES string of the molecule is C[C@H](Nc1nc(NC2CCC(N)CC2)nc2c1ncn2C1CCCC1)c1ccccc1. The molecule has 3 aromatic rings. The van der Waals surface area contributed by atoms with Crippen molar-refractivity contribution in [3.63, 3.8) is 0 Å². The highest BCUT2D eigenvalue weighted by atomic mass is 15.2. The topological polar surface area (TPSA) is 93.7 Å². The van der Waals surface area contributed by atoms with Crippen molar-refractivity contribution in [2.45, 2.75) is 82.5 Å². The normalized spacial score (nSPS) is 23.2. The minimum absolute atomic E-state index is 0.122. The molecule has 7 nitrogen and oxygen atoms in total. The summed E-state index contributed by atoms with van der Waals surface area (Å²) in [5.41, 5.74) is 9.10. The van der Waals surface area contributed by atoms with E-state index >= 15 is 0 Å². The first-order valence-corrected chi connectivity index (χ1v) is 11.8. The van der Waals surface area contributed by atoms with Crippen LogP contribution in [-0.2, 0) is 0 Å². The minimum Gasteiger partial charge on any atom is -0.362 e. The summed E-state index contributed by atoms with van der Waals surface area (Å²) in [7, 11) is 0. The van der Waals surface area contributed by atoms with Crippen LogP contribution in [0.25, 0.3) is 11.2 Å². The number of nitrogens with zero attached hydrogens (tertiary/aromatic N) is 4. The number of nitrogens with one attached hydrogen (secondary N) is 2. The summed E-state index contributed by atoms with van der Waals surface area (Å²) in [6.07, 6.45) is 11.1. The van der Waals surface area contributed by atoms with Crippen molar-refractivity contribution < 1.29 is 0 Å². The number of aromatic nitrogens is 4. The molecule has 4 N–H and O–H groups in total. The van der Waals surface area contributed by atoms with E-state index in [1.165, 1.54) is 31.2 Å². The zero-order chi connectivity index (χ0) is 21.2. The lowest BCUT2D eigenvalue weighted by Crippen LogP contribution is -2.33. The summed E-state index contributed by atoms with van der Waals surface area (Å²) in [6.45, 7) is 2.16. The quantitative estimate of drug-likeness (QED) is 0.531. The zero-order valence-electron chi connectivity index (χ0n) is 18.3. The standard InChI is InChI=1S/C24H33N7/c1-16(17-7-3-2-4-8-17)27-22-21-23(31(15-26-21)20-9-5-6-10-20)30-24(29-22)28-19-13-11-18(25)12-14-19/h2-4,7-8,15-16,18-20H,5-6,9-14,25H2,1H3,(H2,27,28,29,30)/t16-,18?,19?/m0/s1. The highest BCUT2D eigenvalue weighted by Gasteiger charge is 2.24. The summed E-state index contributed by atoms with van der Waals surface area (Å²) in [4.78, 5) is 14.6. The molecule has 2 fully saturated rings. The Kier molecular flexibility index (Phi) is 5.76. The van der Waals surface area contributed by atoms with Gasteiger partial charge < -0.3 is 20.9 Å². The van der Waals surface area contributed by atoms with E-state index in [1.54, 1.807) is 0 Å². The maximum atomic E-state index is 6.09. The summed E-state index contributed by atoms with van der Waals surface area (Å²) in [6, 6.07) is 11.8. The van der Waals surface area contributed by atoms with Gasteiger partial charge in [-0.05, 0) is 51.0 Å². The van der Waals surface area contributed by atoms with Crippen LogP contribution in [-0.4, -0.2) is 31.6 Å². The van der Waals surface area contributed by atoms with Crippen molar-refractivity contribution in [3.8, 4) is 0 Å². The molecule has 0 radical (unpaired) electrons. The van der Waals surface area contributed by atoms with Crippen LogP contribution in [0.1, 0.15) is 75.9 Å². The molecule has 2 aromatic heterocycles. The number of imidazole rings is 1. The molecule has 2 aliphatic rings. The van der Waals surface area contributed by atoms with Gasteiger partial charge in [0.05, 0.1) is 12.4 Å². The fraction of sp³-hybridized carbons (Fsp3) is 0.542. The minimum atomic E-state index is 0.122. The molecule has 5 rings (SSSR count). The van der Waals surface area contributed by atoms with Gasteiger partial charge >= 0.3 is 0 Å². The van der Waals surface area contributed by atoms with Crippen molar-refractivity contribution in [3.05, 3.63) is 42.2 Å². The Morgan fingerprint density at radius 3 is 2.48 bits per heavy atom. The molecular weight excluding hydrogens is 386 g/mol. The Morgan fingerprint density at radius 1 is 1.00 bits per heavy atom. The van der Waals surface area contributed by atoms with Crippen molar-refractivity contribution in [1.82, 2.24) is 19.5 Å². The first kappa shape index (κ1) is 20.2. The van der Waals surface area contributed by atoms with E-state index in [0.717, 1.165) is 42.7 Å². The predicted octanol–water partition coefficient (Wildman–Crippen LogP) is 4.80. The van der Waals surface area contributed by atoms with Gasteiger partial charge in [0.1, 0.15) is 0 Å². The lowest BCUT2D eigenvalue weighted by molar-refractivity contribution is 0.410. The Bertz CT molecular complexity index is 1000. The van der Waals surface area contributed by atoms with Crippen molar-refractivity contribution >= 4 is 22.9 Å². The largest absolute Gasteiger partial charge is 0.362 e. The van der Waals surface area contributed by atoms with Crippen LogP contribution in [0.3, 0.4) is 0 Å². The summed E-state index contributed by atoms with van der Waals surface area (Å²) in [5.74, 6) is 1.49.